The molecule has 132 valence electrons. The van der Waals surface area contributed by atoms with Crippen LogP contribution >= 0.6 is 11.8 Å². The molecule has 3 amide bonds. The Balaban J connectivity index is 1.54. The monoisotopic (exact) mass is 359 g/mol. The number of hydrogen-bond donors (Lipinski definition) is 1. The minimum atomic E-state index is -0.210. The molecule has 2 atom stereocenters. The van der Waals surface area contributed by atoms with Crippen molar-refractivity contribution in [1.82, 2.24) is 15.1 Å². The molecule has 1 aromatic carbocycles. The first kappa shape index (κ1) is 16.6. The lowest BCUT2D eigenvalue weighted by molar-refractivity contribution is -0.125. The van der Waals surface area contributed by atoms with E-state index in [9.17, 15) is 14.4 Å². The fourth-order valence-corrected chi connectivity index (χ4v) is 4.71. The molecule has 0 aliphatic carbocycles. The van der Waals surface area contributed by atoms with Crippen LogP contribution < -0.4 is 5.32 Å². The molecule has 3 aliphatic heterocycles. The van der Waals surface area contributed by atoms with E-state index in [-0.39, 0.29) is 35.4 Å². The molecule has 0 aromatic heterocycles. The number of carbonyl (C=O) groups is 3. The molecule has 3 aliphatic rings. The van der Waals surface area contributed by atoms with Gasteiger partial charge in [0.1, 0.15) is 0 Å². The standard InChI is InChI=1S/C18H21N3O3S/c22-16-11-25-18(24)20(16)10-12-2-1-3-13(8-12)17(23)21-14-4-5-15(21)9-19-7-6-14/h1-3,8,14-15,19H,4-7,9-11H2. The zero-order valence-corrected chi connectivity index (χ0v) is 14.8. The number of nitrogens with one attached hydrogen (secondary N) is 1. The van der Waals surface area contributed by atoms with Crippen LogP contribution in [-0.2, 0) is 11.3 Å². The summed E-state index contributed by atoms with van der Waals surface area (Å²) >= 11 is 1.03. The van der Waals surface area contributed by atoms with Crippen molar-refractivity contribution in [2.75, 3.05) is 18.8 Å². The van der Waals surface area contributed by atoms with Gasteiger partial charge in [-0.15, -0.1) is 0 Å². The van der Waals surface area contributed by atoms with Crippen molar-refractivity contribution in [3.8, 4) is 0 Å². The van der Waals surface area contributed by atoms with Gasteiger partial charge in [0.25, 0.3) is 11.1 Å². The molecule has 0 saturated carbocycles. The number of hydrogen-bond acceptors (Lipinski definition) is 5. The predicted octanol–water partition coefficient (Wildman–Crippen LogP) is 1.85. The molecule has 1 aromatic rings. The lowest BCUT2D eigenvalue weighted by Gasteiger charge is -2.28. The highest BCUT2D eigenvalue weighted by Gasteiger charge is 2.38. The van der Waals surface area contributed by atoms with Gasteiger partial charge in [-0.25, -0.2) is 0 Å². The number of amides is 3. The third-order valence-corrected chi connectivity index (χ3v) is 6.10. The van der Waals surface area contributed by atoms with Crippen molar-refractivity contribution in [1.29, 1.82) is 0 Å². The number of thioether (sulfide) groups is 1. The van der Waals surface area contributed by atoms with Gasteiger partial charge in [-0.2, -0.15) is 0 Å². The number of fused-ring (bicyclic) bond motifs is 2. The fraction of sp³-hybridized carbons (Fsp3) is 0.500. The van der Waals surface area contributed by atoms with Crippen molar-refractivity contribution in [3.63, 3.8) is 0 Å². The highest BCUT2D eigenvalue weighted by molar-refractivity contribution is 8.14. The van der Waals surface area contributed by atoms with Crippen molar-refractivity contribution in [3.05, 3.63) is 35.4 Å². The van der Waals surface area contributed by atoms with Gasteiger partial charge in [-0.1, -0.05) is 23.9 Å². The summed E-state index contributed by atoms with van der Waals surface area (Å²) in [5.41, 5.74) is 1.46. The Morgan fingerprint density at radius 1 is 1.20 bits per heavy atom. The van der Waals surface area contributed by atoms with Gasteiger partial charge in [0.2, 0.25) is 5.91 Å². The molecule has 1 N–H and O–H groups in total. The van der Waals surface area contributed by atoms with Gasteiger partial charge in [-0.3, -0.25) is 19.3 Å². The topological polar surface area (TPSA) is 69.7 Å². The predicted molar refractivity (Wildman–Crippen MR) is 95.3 cm³/mol. The maximum atomic E-state index is 13.1. The second-order valence-corrected chi connectivity index (χ2v) is 7.75. The fourth-order valence-electron chi connectivity index (χ4n) is 3.98. The Labute approximate surface area is 150 Å². The highest BCUT2D eigenvalue weighted by atomic mass is 32.2. The molecule has 0 spiro atoms. The van der Waals surface area contributed by atoms with Gasteiger partial charge in [0.05, 0.1) is 12.3 Å². The first-order valence-corrected chi connectivity index (χ1v) is 9.71. The van der Waals surface area contributed by atoms with Crippen molar-refractivity contribution in [2.45, 2.75) is 37.9 Å². The van der Waals surface area contributed by atoms with Crippen LogP contribution in [0, 0.1) is 0 Å². The van der Waals surface area contributed by atoms with Crippen LogP contribution in [0.4, 0.5) is 4.79 Å². The summed E-state index contributed by atoms with van der Waals surface area (Å²) in [4.78, 5) is 39.9. The number of rotatable bonds is 3. The van der Waals surface area contributed by atoms with Gasteiger partial charge in [-0.05, 0) is 43.5 Å². The minimum absolute atomic E-state index is 0.0616. The largest absolute Gasteiger partial charge is 0.331 e. The molecule has 0 radical (unpaired) electrons. The summed E-state index contributed by atoms with van der Waals surface area (Å²) in [7, 11) is 0. The van der Waals surface area contributed by atoms with Crippen LogP contribution in [0.25, 0.3) is 0 Å². The Bertz CT molecular complexity index is 693. The van der Waals surface area contributed by atoms with E-state index in [1.807, 2.05) is 29.2 Å². The number of imide groups is 1. The van der Waals surface area contributed by atoms with E-state index in [0.717, 1.165) is 49.7 Å². The van der Waals surface area contributed by atoms with E-state index in [0.29, 0.717) is 11.6 Å². The molecular weight excluding hydrogens is 338 g/mol. The van der Waals surface area contributed by atoms with Crippen LogP contribution in [0.2, 0.25) is 0 Å². The second-order valence-electron chi connectivity index (χ2n) is 6.83. The Kier molecular flexibility index (Phi) is 4.52. The Morgan fingerprint density at radius 3 is 2.84 bits per heavy atom. The molecule has 3 saturated heterocycles. The van der Waals surface area contributed by atoms with Gasteiger partial charge in [0, 0.05) is 24.2 Å². The van der Waals surface area contributed by atoms with Crippen molar-refractivity contribution in [2.24, 2.45) is 0 Å². The number of benzene rings is 1. The van der Waals surface area contributed by atoms with Crippen molar-refractivity contribution >= 4 is 28.8 Å². The summed E-state index contributed by atoms with van der Waals surface area (Å²) < 4.78 is 0. The average Bonchev–Trinajstić information content (AvgIpc) is 3.06. The van der Waals surface area contributed by atoms with Crippen LogP contribution in [0.3, 0.4) is 0 Å². The molecule has 4 rings (SSSR count). The first-order chi connectivity index (χ1) is 12.1. The summed E-state index contributed by atoms with van der Waals surface area (Å²) in [5, 5.41) is 3.20. The third kappa shape index (κ3) is 3.18. The normalized spacial score (nSPS) is 26.2. The summed E-state index contributed by atoms with van der Waals surface area (Å²) in [5.74, 6) is 0.108. The second kappa shape index (κ2) is 6.80. The smallest absolute Gasteiger partial charge is 0.289 e. The van der Waals surface area contributed by atoms with E-state index in [1.54, 1.807) is 0 Å². The molecule has 2 bridgehead atoms. The van der Waals surface area contributed by atoms with Crippen molar-refractivity contribution < 1.29 is 14.4 Å². The lowest BCUT2D eigenvalue weighted by Crippen LogP contribution is -2.42. The number of carbonyl (C=O) groups excluding carboxylic acids is 3. The summed E-state index contributed by atoms with van der Waals surface area (Å²) in [6, 6.07) is 7.92. The van der Waals surface area contributed by atoms with E-state index >= 15 is 0 Å². The average molecular weight is 359 g/mol. The zero-order chi connectivity index (χ0) is 17.4. The maximum absolute atomic E-state index is 13.1. The van der Waals surface area contributed by atoms with E-state index in [4.69, 9.17) is 0 Å². The summed E-state index contributed by atoms with van der Waals surface area (Å²) in [6.45, 7) is 2.05. The SMILES string of the molecule is O=C1CSC(=O)N1Cc1cccc(C(=O)N2C3CCNCC2CC3)c1. The highest BCUT2D eigenvalue weighted by Crippen LogP contribution is 2.30. The van der Waals surface area contributed by atoms with Gasteiger partial charge < -0.3 is 10.2 Å². The van der Waals surface area contributed by atoms with Crippen LogP contribution in [0.1, 0.15) is 35.2 Å². The van der Waals surface area contributed by atoms with E-state index in [1.165, 1.54) is 4.90 Å². The Morgan fingerprint density at radius 2 is 2.04 bits per heavy atom. The molecule has 6 nitrogen and oxygen atoms in total. The minimum Gasteiger partial charge on any atom is -0.331 e. The zero-order valence-electron chi connectivity index (χ0n) is 13.9. The molecule has 2 unspecified atom stereocenters. The number of nitrogens with zero attached hydrogens (tertiary/aromatic N) is 2. The Hall–Kier alpha value is -1.86. The van der Waals surface area contributed by atoms with Gasteiger partial charge in [0.15, 0.2) is 0 Å². The quantitative estimate of drug-likeness (QED) is 0.892. The summed E-state index contributed by atoms with van der Waals surface area (Å²) in [6.07, 6.45) is 3.12. The molecule has 7 heteroatoms. The van der Waals surface area contributed by atoms with Crippen LogP contribution in [-0.4, -0.2) is 57.8 Å². The first-order valence-electron chi connectivity index (χ1n) is 8.73. The maximum Gasteiger partial charge on any atom is 0.289 e. The van der Waals surface area contributed by atoms with Crippen LogP contribution in [0.5, 0.6) is 0 Å². The van der Waals surface area contributed by atoms with E-state index in [2.05, 4.69) is 5.32 Å². The van der Waals surface area contributed by atoms with Gasteiger partial charge >= 0.3 is 0 Å². The van der Waals surface area contributed by atoms with E-state index < -0.39 is 0 Å². The molecule has 3 fully saturated rings. The molecule has 25 heavy (non-hydrogen) atoms. The lowest BCUT2D eigenvalue weighted by atomic mass is 10.1. The van der Waals surface area contributed by atoms with Crippen LogP contribution in [0.15, 0.2) is 24.3 Å². The molecule has 3 heterocycles. The molecular formula is C18H21N3O3S. The third-order valence-electron chi connectivity index (χ3n) is 5.24.